The first-order chi connectivity index (χ1) is 10.1. The average molecular weight is 339 g/mol. The fraction of sp³-hybridized carbons (Fsp3) is 0. The van der Waals surface area contributed by atoms with Crippen LogP contribution < -0.4 is 5.32 Å². The third-order valence-electron chi connectivity index (χ3n) is 2.50. The number of benzene rings is 1. The molecule has 1 N–H and O–H groups in total. The molecule has 0 saturated carbocycles. The van der Waals surface area contributed by atoms with E-state index in [0.29, 0.717) is 15.2 Å². The van der Waals surface area contributed by atoms with E-state index in [2.05, 4.69) is 15.5 Å². The Morgan fingerprint density at radius 3 is 2.52 bits per heavy atom. The molecule has 0 fully saturated rings. The summed E-state index contributed by atoms with van der Waals surface area (Å²) in [6, 6.07) is 10.4. The summed E-state index contributed by atoms with van der Waals surface area (Å²) in [5, 5.41) is 23.9. The number of hydrogen-bond acceptors (Lipinski definition) is 7. The molecule has 0 amide bonds. The van der Waals surface area contributed by atoms with Gasteiger partial charge in [-0.2, -0.15) is 0 Å². The number of anilines is 2. The summed E-state index contributed by atoms with van der Waals surface area (Å²) in [5.74, 6) is 0. The van der Waals surface area contributed by atoms with Crippen molar-refractivity contribution in [3.8, 4) is 9.88 Å². The minimum Gasteiger partial charge on any atom is -0.330 e. The second-order valence-electron chi connectivity index (χ2n) is 3.94. The fourth-order valence-corrected chi connectivity index (χ4v) is 3.33. The molecule has 3 rings (SSSR count). The molecule has 0 aliphatic heterocycles. The summed E-state index contributed by atoms with van der Waals surface area (Å²) in [6.45, 7) is 0. The van der Waals surface area contributed by atoms with Gasteiger partial charge in [-0.25, -0.2) is 0 Å². The van der Waals surface area contributed by atoms with E-state index in [1.165, 1.54) is 17.4 Å². The van der Waals surface area contributed by atoms with Gasteiger partial charge in [0.05, 0.1) is 9.80 Å². The summed E-state index contributed by atoms with van der Waals surface area (Å²) in [4.78, 5) is 11.0. The fourth-order valence-electron chi connectivity index (χ4n) is 1.57. The predicted molar refractivity (Wildman–Crippen MR) is 84.6 cm³/mol. The molecule has 0 unspecified atom stereocenters. The molecule has 0 aliphatic rings. The Hall–Kier alpha value is -2.03. The lowest BCUT2D eigenvalue weighted by atomic mass is 10.3. The zero-order valence-electron chi connectivity index (χ0n) is 10.3. The number of rotatable bonds is 4. The normalized spacial score (nSPS) is 10.5. The van der Waals surface area contributed by atoms with Gasteiger partial charge in [0.15, 0.2) is 5.01 Å². The first-order valence-corrected chi connectivity index (χ1v) is 7.73. The Kier molecular flexibility index (Phi) is 3.82. The van der Waals surface area contributed by atoms with E-state index in [1.807, 2.05) is 12.1 Å². The van der Waals surface area contributed by atoms with Crippen molar-refractivity contribution in [3.63, 3.8) is 0 Å². The average Bonchev–Trinajstić information content (AvgIpc) is 3.10. The third kappa shape index (κ3) is 3.18. The van der Waals surface area contributed by atoms with Gasteiger partial charge >= 0.3 is 5.00 Å². The van der Waals surface area contributed by atoms with Gasteiger partial charge in [0.1, 0.15) is 0 Å². The van der Waals surface area contributed by atoms with Gasteiger partial charge in [-0.05, 0) is 30.3 Å². The van der Waals surface area contributed by atoms with Crippen molar-refractivity contribution in [2.75, 3.05) is 5.32 Å². The molecule has 106 valence electrons. The van der Waals surface area contributed by atoms with Gasteiger partial charge in [-0.1, -0.05) is 34.3 Å². The minimum atomic E-state index is -0.415. The van der Waals surface area contributed by atoms with Gasteiger partial charge in [0.25, 0.3) is 0 Å². The molecule has 6 nitrogen and oxygen atoms in total. The summed E-state index contributed by atoms with van der Waals surface area (Å²) >= 11 is 8.23. The minimum absolute atomic E-state index is 0.0902. The lowest BCUT2D eigenvalue weighted by molar-refractivity contribution is -0.380. The van der Waals surface area contributed by atoms with E-state index in [-0.39, 0.29) is 5.00 Å². The van der Waals surface area contributed by atoms with E-state index in [0.717, 1.165) is 21.9 Å². The molecular weight excluding hydrogens is 332 g/mol. The van der Waals surface area contributed by atoms with Crippen molar-refractivity contribution in [3.05, 3.63) is 51.5 Å². The standard InChI is InChI=1S/C12H7ClN4O2S2/c13-7-1-3-8(4-2-7)14-12-16-15-11(21-12)9-5-6-10(20-9)17(18)19/h1-6H,(H,14,16). The van der Waals surface area contributed by atoms with Crippen molar-refractivity contribution in [1.29, 1.82) is 0 Å². The van der Waals surface area contributed by atoms with Gasteiger partial charge in [-0.3, -0.25) is 10.1 Å². The second-order valence-corrected chi connectivity index (χ2v) is 6.42. The predicted octanol–water partition coefficient (Wildman–Crippen LogP) is 4.57. The van der Waals surface area contributed by atoms with Crippen LogP contribution in [0.4, 0.5) is 15.8 Å². The van der Waals surface area contributed by atoms with Crippen molar-refractivity contribution in [2.24, 2.45) is 0 Å². The number of thiophene rings is 1. The highest BCUT2D eigenvalue weighted by Crippen LogP contribution is 2.35. The number of aromatic nitrogens is 2. The lowest BCUT2D eigenvalue weighted by Crippen LogP contribution is -1.88. The summed E-state index contributed by atoms with van der Waals surface area (Å²) in [7, 11) is 0. The molecule has 3 aromatic rings. The molecule has 2 aromatic heterocycles. The quantitative estimate of drug-likeness (QED) is 0.556. The van der Waals surface area contributed by atoms with E-state index in [4.69, 9.17) is 11.6 Å². The van der Waals surface area contributed by atoms with Crippen LogP contribution in [-0.2, 0) is 0 Å². The Morgan fingerprint density at radius 2 is 1.86 bits per heavy atom. The number of halogens is 1. The van der Waals surface area contributed by atoms with Gasteiger partial charge in [0, 0.05) is 16.8 Å². The third-order valence-corrected chi connectivity index (χ3v) is 4.80. The number of hydrogen-bond donors (Lipinski definition) is 1. The Labute approximate surface area is 132 Å². The monoisotopic (exact) mass is 338 g/mol. The topological polar surface area (TPSA) is 81.0 Å². The molecule has 0 radical (unpaired) electrons. The van der Waals surface area contributed by atoms with Crippen LogP contribution in [0, 0.1) is 10.1 Å². The largest absolute Gasteiger partial charge is 0.330 e. The van der Waals surface area contributed by atoms with Crippen LogP contribution in [0.25, 0.3) is 9.88 Å². The number of nitro groups is 1. The summed E-state index contributed by atoms with van der Waals surface area (Å²) in [5.41, 5.74) is 0.847. The van der Waals surface area contributed by atoms with Crippen LogP contribution in [0.1, 0.15) is 0 Å². The molecule has 21 heavy (non-hydrogen) atoms. The highest BCUT2D eigenvalue weighted by Gasteiger charge is 2.14. The number of nitrogens with one attached hydrogen (secondary N) is 1. The Balaban J connectivity index is 1.79. The highest BCUT2D eigenvalue weighted by molar-refractivity contribution is 7.24. The van der Waals surface area contributed by atoms with Crippen molar-refractivity contribution >= 4 is 50.1 Å². The zero-order chi connectivity index (χ0) is 14.8. The highest BCUT2D eigenvalue weighted by atomic mass is 35.5. The first-order valence-electron chi connectivity index (χ1n) is 5.72. The maximum atomic E-state index is 10.7. The molecule has 0 saturated heterocycles. The zero-order valence-corrected chi connectivity index (χ0v) is 12.7. The second kappa shape index (κ2) is 5.76. The molecule has 2 heterocycles. The maximum absolute atomic E-state index is 10.7. The van der Waals surface area contributed by atoms with Crippen molar-refractivity contribution in [1.82, 2.24) is 10.2 Å². The van der Waals surface area contributed by atoms with E-state index in [1.54, 1.807) is 18.2 Å². The summed E-state index contributed by atoms with van der Waals surface area (Å²) < 4.78 is 0. The molecule has 9 heteroatoms. The van der Waals surface area contributed by atoms with E-state index >= 15 is 0 Å². The van der Waals surface area contributed by atoms with Crippen LogP contribution in [0.2, 0.25) is 5.02 Å². The van der Waals surface area contributed by atoms with Crippen molar-refractivity contribution in [2.45, 2.75) is 0 Å². The molecule has 1 aromatic carbocycles. The maximum Gasteiger partial charge on any atom is 0.324 e. The molecule has 0 atom stereocenters. The SMILES string of the molecule is O=[N+]([O-])c1ccc(-c2nnc(Nc3ccc(Cl)cc3)s2)s1. The van der Waals surface area contributed by atoms with Gasteiger partial charge in [0.2, 0.25) is 5.13 Å². The molecule has 0 aliphatic carbocycles. The molecule has 0 bridgehead atoms. The number of nitrogens with zero attached hydrogens (tertiary/aromatic N) is 3. The van der Waals surface area contributed by atoms with E-state index < -0.39 is 4.92 Å². The lowest BCUT2D eigenvalue weighted by Gasteiger charge is -2.00. The van der Waals surface area contributed by atoms with E-state index in [9.17, 15) is 10.1 Å². The first kappa shape index (κ1) is 13.9. The summed E-state index contributed by atoms with van der Waals surface area (Å²) in [6.07, 6.45) is 0. The Morgan fingerprint density at radius 1 is 1.10 bits per heavy atom. The van der Waals surface area contributed by atoms with Crippen LogP contribution in [0.15, 0.2) is 36.4 Å². The van der Waals surface area contributed by atoms with Crippen LogP contribution in [0.5, 0.6) is 0 Å². The van der Waals surface area contributed by atoms with Crippen LogP contribution in [-0.4, -0.2) is 15.1 Å². The van der Waals surface area contributed by atoms with Crippen LogP contribution >= 0.6 is 34.3 Å². The Bertz CT molecular complexity index is 785. The van der Waals surface area contributed by atoms with Gasteiger partial charge < -0.3 is 5.32 Å². The smallest absolute Gasteiger partial charge is 0.324 e. The van der Waals surface area contributed by atoms with Crippen LogP contribution in [0.3, 0.4) is 0 Å². The molecule has 0 spiro atoms. The molecular formula is C12H7ClN4O2S2. The van der Waals surface area contributed by atoms with Crippen molar-refractivity contribution < 1.29 is 4.92 Å². The van der Waals surface area contributed by atoms with Gasteiger partial charge in [-0.15, -0.1) is 10.2 Å².